The third-order valence-electron chi connectivity index (χ3n) is 3.39. The third-order valence-corrected chi connectivity index (χ3v) is 4.56. The molecule has 2 amide bonds. The van der Waals surface area contributed by atoms with Gasteiger partial charge in [0.25, 0.3) is 5.91 Å². The fourth-order valence-electron chi connectivity index (χ4n) is 2.15. The van der Waals surface area contributed by atoms with Crippen LogP contribution in [-0.2, 0) is 9.59 Å². The summed E-state index contributed by atoms with van der Waals surface area (Å²) < 4.78 is 7.45. The lowest BCUT2D eigenvalue weighted by atomic mass is 10.2. The molecule has 0 atom stereocenters. The van der Waals surface area contributed by atoms with E-state index in [-0.39, 0.29) is 18.9 Å². The van der Waals surface area contributed by atoms with E-state index in [1.54, 1.807) is 13.0 Å². The highest BCUT2D eigenvalue weighted by atomic mass is 127. The lowest BCUT2D eigenvalue weighted by molar-refractivity contribution is -0.123. The summed E-state index contributed by atoms with van der Waals surface area (Å²) in [5, 5.41) is 6.73. The molecule has 0 aliphatic rings. The molecule has 0 aliphatic carbocycles. The SMILES string of the molecule is C/C(CC(=O)Nc1cccc(I)c1)=N\NC(=O)COc1ccc(Br)cc1C. The first-order valence-electron chi connectivity index (χ1n) is 8.10. The molecule has 142 valence electrons. The Balaban J connectivity index is 1.78. The first-order chi connectivity index (χ1) is 12.8. The Morgan fingerprint density at radius 2 is 1.96 bits per heavy atom. The van der Waals surface area contributed by atoms with Crippen LogP contribution in [0.15, 0.2) is 52.0 Å². The van der Waals surface area contributed by atoms with Crippen LogP contribution in [0.4, 0.5) is 5.69 Å². The molecule has 0 spiro atoms. The maximum atomic E-state index is 12.0. The maximum absolute atomic E-state index is 12.0. The standard InChI is InChI=1S/C19H19BrIN3O3/c1-12-8-14(20)6-7-17(12)27-11-19(26)24-23-13(2)9-18(25)22-16-5-3-4-15(21)10-16/h3-8,10H,9,11H2,1-2H3,(H,22,25)(H,24,26)/b23-13+. The zero-order valence-electron chi connectivity index (χ0n) is 14.9. The van der Waals surface area contributed by atoms with Crippen molar-refractivity contribution in [1.29, 1.82) is 0 Å². The van der Waals surface area contributed by atoms with Crippen LogP contribution >= 0.6 is 38.5 Å². The van der Waals surface area contributed by atoms with E-state index in [0.717, 1.165) is 19.3 Å². The van der Waals surface area contributed by atoms with Crippen molar-refractivity contribution < 1.29 is 14.3 Å². The van der Waals surface area contributed by atoms with Crippen molar-refractivity contribution in [3.05, 3.63) is 56.1 Å². The number of hydrazone groups is 1. The zero-order valence-corrected chi connectivity index (χ0v) is 18.6. The molecule has 2 aromatic carbocycles. The summed E-state index contributed by atoms with van der Waals surface area (Å²) in [5.74, 6) is 0.0369. The summed E-state index contributed by atoms with van der Waals surface area (Å²) in [4.78, 5) is 23.9. The molecule has 0 radical (unpaired) electrons. The molecule has 27 heavy (non-hydrogen) atoms. The fourth-order valence-corrected chi connectivity index (χ4v) is 3.17. The summed E-state index contributed by atoms with van der Waals surface area (Å²) >= 11 is 5.55. The minimum Gasteiger partial charge on any atom is -0.483 e. The molecule has 2 aromatic rings. The third kappa shape index (κ3) is 7.67. The number of anilines is 1. The fraction of sp³-hybridized carbons (Fsp3) is 0.211. The van der Waals surface area contributed by atoms with E-state index < -0.39 is 5.91 Å². The average Bonchev–Trinajstić information content (AvgIpc) is 2.59. The lowest BCUT2D eigenvalue weighted by Crippen LogP contribution is -2.26. The molecule has 6 nitrogen and oxygen atoms in total. The molecule has 0 saturated carbocycles. The van der Waals surface area contributed by atoms with Gasteiger partial charge in [0.1, 0.15) is 5.75 Å². The summed E-state index contributed by atoms with van der Waals surface area (Å²) in [6.45, 7) is 3.41. The Kier molecular flexibility index (Phi) is 8.23. The van der Waals surface area contributed by atoms with Gasteiger partial charge in [-0.1, -0.05) is 22.0 Å². The number of aryl methyl sites for hydroxylation is 1. The van der Waals surface area contributed by atoms with Crippen LogP contribution in [0, 0.1) is 10.5 Å². The molecule has 0 heterocycles. The van der Waals surface area contributed by atoms with Gasteiger partial charge in [-0.3, -0.25) is 9.59 Å². The molecule has 0 bridgehead atoms. The van der Waals surface area contributed by atoms with Crippen LogP contribution in [0.3, 0.4) is 0 Å². The smallest absolute Gasteiger partial charge is 0.277 e. The molecular weight excluding hydrogens is 525 g/mol. The molecule has 2 N–H and O–H groups in total. The first kappa shape index (κ1) is 21.4. The Hall–Kier alpha value is -1.94. The number of nitrogens with zero attached hydrogens (tertiary/aromatic N) is 1. The van der Waals surface area contributed by atoms with E-state index in [4.69, 9.17) is 4.74 Å². The number of amides is 2. The van der Waals surface area contributed by atoms with Crippen molar-refractivity contribution in [2.24, 2.45) is 5.10 Å². The lowest BCUT2D eigenvalue weighted by Gasteiger charge is -2.09. The Morgan fingerprint density at radius 1 is 1.19 bits per heavy atom. The summed E-state index contributed by atoms with van der Waals surface area (Å²) in [6, 6.07) is 13.0. The second-order valence-corrected chi connectivity index (χ2v) is 7.98. The molecule has 0 saturated heterocycles. The number of hydrogen-bond acceptors (Lipinski definition) is 4. The topological polar surface area (TPSA) is 79.8 Å². The van der Waals surface area contributed by atoms with Crippen LogP contribution < -0.4 is 15.5 Å². The van der Waals surface area contributed by atoms with Gasteiger partial charge in [-0.25, -0.2) is 5.43 Å². The Morgan fingerprint density at radius 3 is 2.67 bits per heavy atom. The van der Waals surface area contributed by atoms with Gasteiger partial charge in [0, 0.05) is 19.4 Å². The summed E-state index contributed by atoms with van der Waals surface area (Å²) in [6.07, 6.45) is 0.0818. The number of hydrogen-bond donors (Lipinski definition) is 2. The number of nitrogens with one attached hydrogen (secondary N) is 2. The first-order valence-corrected chi connectivity index (χ1v) is 9.97. The van der Waals surface area contributed by atoms with Gasteiger partial charge in [0.15, 0.2) is 6.61 Å². The highest BCUT2D eigenvalue weighted by Crippen LogP contribution is 2.21. The van der Waals surface area contributed by atoms with Crippen molar-refractivity contribution in [2.45, 2.75) is 20.3 Å². The summed E-state index contributed by atoms with van der Waals surface area (Å²) in [5.41, 5.74) is 4.53. The van der Waals surface area contributed by atoms with E-state index in [9.17, 15) is 9.59 Å². The van der Waals surface area contributed by atoms with Gasteiger partial charge in [-0.05, 0) is 78.4 Å². The van der Waals surface area contributed by atoms with Gasteiger partial charge in [0.2, 0.25) is 5.91 Å². The van der Waals surface area contributed by atoms with Gasteiger partial charge < -0.3 is 10.1 Å². The van der Waals surface area contributed by atoms with Crippen LogP contribution in [-0.4, -0.2) is 24.1 Å². The van der Waals surface area contributed by atoms with Gasteiger partial charge in [0.05, 0.1) is 6.42 Å². The van der Waals surface area contributed by atoms with Crippen molar-refractivity contribution in [3.8, 4) is 5.75 Å². The van der Waals surface area contributed by atoms with Crippen molar-refractivity contribution in [1.82, 2.24) is 5.43 Å². The second-order valence-electron chi connectivity index (χ2n) is 5.82. The van der Waals surface area contributed by atoms with Crippen molar-refractivity contribution in [3.63, 3.8) is 0 Å². The van der Waals surface area contributed by atoms with E-state index >= 15 is 0 Å². The average molecular weight is 544 g/mol. The van der Waals surface area contributed by atoms with E-state index in [1.165, 1.54) is 0 Å². The largest absolute Gasteiger partial charge is 0.483 e. The quantitative estimate of drug-likeness (QED) is 0.311. The molecule has 8 heteroatoms. The number of rotatable bonds is 7. The van der Waals surface area contributed by atoms with Crippen molar-refractivity contribution in [2.75, 3.05) is 11.9 Å². The summed E-state index contributed by atoms with van der Waals surface area (Å²) in [7, 11) is 0. The number of halogens is 2. The molecule has 0 aromatic heterocycles. The minimum absolute atomic E-state index is 0.0818. The zero-order chi connectivity index (χ0) is 19.8. The van der Waals surface area contributed by atoms with E-state index in [2.05, 4.69) is 54.4 Å². The van der Waals surface area contributed by atoms with Gasteiger partial charge in [-0.15, -0.1) is 0 Å². The molecule has 2 rings (SSSR count). The molecule has 0 aliphatic heterocycles. The maximum Gasteiger partial charge on any atom is 0.277 e. The predicted molar refractivity (Wildman–Crippen MR) is 118 cm³/mol. The number of carbonyl (C=O) groups excluding carboxylic acids is 2. The Labute approximate surface area is 180 Å². The highest BCUT2D eigenvalue weighted by molar-refractivity contribution is 14.1. The highest BCUT2D eigenvalue weighted by Gasteiger charge is 2.07. The van der Waals surface area contributed by atoms with E-state index in [0.29, 0.717) is 11.5 Å². The molecule has 0 unspecified atom stereocenters. The second kappa shape index (κ2) is 10.4. The van der Waals surface area contributed by atoms with Crippen molar-refractivity contribution >= 4 is 61.7 Å². The molecular formula is C19H19BrIN3O3. The van der Waals surface area contributed by atoms with Crippen LogP contribution in [0.25, 0.3) is 0 Å². The number of carbonyl (C=O) groups is 2. The minimum atomic E-state index is -0.394. The normalized spacial score (nSPS) is 11.0. The van der Waals surface area contributed by atoms with Crippen LogP contribution in [0.5, 0.6) is 5.75 Å². The van der Waals surface area contributed by atoms with E-state index in [1.807, 2.05) is 43.3 Å². The van der Waals surface area contributed by atoms with Crippen LogP contribution in [0.1, 0.15) is 18.9 Å². The molecule has 0 fully saturated rings. The van der Waals surface area contributed by atoms with Gasteiger partial charge in [-0.2, -0.15) is 5.10 Å². The number of ether oxygens (including phenoxy) is 1. The predicted octanol–water partition coefficient (Wildman–Crippen LogP) is 4.26. The van der Waals surface area contributed by atoms with Crippen LogP contribution in [0.2, 0.25) is 0 Å². The Bertz CT molecular complexity index is 871. The van der Waals surface area contributed by atoms with Gasteiger partial charge >= 0.3 is 0 Å². The monoisotopic (exact) mass is 543 g/mol. The number of benzene rings is 2.